The second-order valence-corrected chi connectivity index (χ2v) is 8.54. The van der Waals surface area contributed by atoms with Crippen molar-refractivity contribution in [2.45, 2.75) is 32.6 Å². The van der Waals surface area contributed by atoms with Crippen LogP contribution in [-0.4, -0.2) is 35.3 Å². The van der Waals surface area contributed by atoms with Crippen molar-refractivity contribution in [3.05, 3.63) is 63.8 Å². The molecule has 2 aromatic carbocycles. The summed E-state index contributed by atoms with van der Waals surface area (Å²) >= 11 is 3.45. The lowest BCUT2D eigenvalue weighted by molar-refractivity contribution is -0.137. The molecule has 160 valence electrons. The zero-order chi connectivity index (χ0) is 22.1. The third-order valence-corrected chi connectivity index (χ3v) is 5.95. The van der Waals surface area contributed by atoms with E-state index in [1.807, 2.05) is 37.3 Å². The number of nitrogens with zero attached hydrogens (tertiary/aromatic N) is 2. The number of esters is 1. The van der Waals surface area contributed by atoms with E-state index in [4.69, 9.17) is 9.84 Å². The van der Waals surface area contributed by atoms with E-state index in [-0.39, 0.29) is 11.9 Å². The smallest absolute Gasteiger partial charge is 0.331 e. The Balaban J connectivity index is 1.93. The minimum absolute atomic E-state index is 0.196. The SMILES string of the molecule is CCOC(=O)C=C(C)c1cc2nn(-c3ccc(Br)cc3)c(C(=O)NC)c2cc1C1CC1. The van der Waals surface area contributed by atoms with E-state index in [0.717, 1.165) is 45.1 Å². The summed E-state index contributed by atoms with van der Waals surface area (Å²) in [6.45, 7) is 4.04. The molecule has 7 heteroatoms. The third kappa shape index (κ3) is 4.28. The lowest BCUT2D eigenvalue weighted by atomic mass is 9.94. The Kier molecular flexibility index (Phi) is 5.96. The summed E-state index contributed by atoms with van der Waals surface area (Å²) in [7, 11) is 1.62. The zero-order valence-corrected chi connectivity index (χ0v) is 19.3. The topological polar surface area (TPSA) is 73.2 Å². The highest BCUT2D eigenvalue weighted by Crippen LogP contribution is 2.45. The largest absolute Gasteiger partial charge is 0.463 e. The van der Waals surface area contributed by atoms with Crippen LogP contribution in [0.15, 0.2) is 46.9 Å². The van der Waals surface area contributed by atoms with Crippen LogP contribution in [0.4, 0.5) is 0 Å². The first-order valence-electron chi connectivity index (χ1n) is 10.3. The third-order valence-electron chi connectivity index (χ3n) is 5.42. The second-order valence-electron chi connectivity index (χ2n) is 7.63. The Bertz CT molecular complexity index is 1190. The molecule has 1 aliphatic carbocycles. The molecule has 1 N–H and O–H groups in total. The molecule has 4 rings (SSSR count). The number of benzene rings is 2. The van der Waals surface area contributed by atoms with Crippen LogP contribution in [0, 0.1) is 0 Å². The summed E-state index contributed by atoms with van der Waals surface area (Å²) in [5, 5.41) is 8.30. The van der Waals surface area contributed by atoms with Crippen molar-refractivity contribution in [3.63, 3.8) is 0 Å². The predicted octanol–water partition coefficient (Wildman–Crippen LogP) is 4.99. The Morgan fingerprint density at radius 1 is 1.26 bits per heavy atom. The molecule has 31 heavy (non-hydrogen) atoms. The highest BCUT2D eigenvalue weighted by molar-refractivity contribution is 9.10. The Hall–Kier alpha value is -2.93. The molecule has 0 spiro atoms. The Labute approximate surface area is 189 Å². The molecule has 0 aliphatic heterocycles. The monoisotopic (exact) mass is 481 g/mol. The summed E-state index contributed by atoms with van der Waals surface area (Å²) in [6, 6.07) is 11.7. The fourth-order valence-electron chi connectivity index (χ4n) is 3.77. The van der Waals surface area contributed by atoms with E-state index in [1.54, 1.807) is 18.7 Å². The summed E-state index contributed by atoms with van der Waals surface area (Å²) in [5.41, 5.74) is 4.96. The van der Waals surface area contributed by atoms with Gasteiger partial charge < -0.3 is 10.1 Å². The van der Waals surface area contributed by atoms with Crippen LogP contribution in [-0.2, 0) is 9.53 Å². The number of carbonyl (C=O) groups is 2. The van der Waals surface area contributed by atoms with Gasteiger partial charge in [-0.2, -0.15) is 5.10 Å². The van der Waals surface area contributed by atoms with Gasteiger partial charge in [0.25, 0.3) is 5.91 Å². The Morgan fingerprint density at radius 2 is 1.97 bits per heavy atom. The predicted molar refractivity (Wildman–Crippen MR) is 124 cm³/mol. The van der Waals surface area contributed by atoms with Gasteiger partial charge >= 0.3 is 5.97 Å². The molecule has 1 heterocycles. The molecule has 0 bridgehead atoms. The number of nitrogens with one attached hydrogen (secondary N) is 1. The van der Waals surface area contributed by atoms with Gasteiger partial charge in [-0.1, -0.05) is 15.9 Å². The molecular formula is C24H24BrN3O3. The quantitative estimate of drug-likeness (QED) is 0.397. The number of rotatable bonds is 6. The molecule has 6 nitrogen and oxygen atoms in total. The van der Waals surface area contributed by atoms with Gasteiger partial charge in [-0.15, -0.1) is 0 Å². The summed E-state index contributed by atoms with van der Waals surface area (Å²) in [6.07, 6.45) is 3.73. The van der Waals surface area contributed by atoms with Crippen molar-refractivity contribution in [1.82, 2.24) is 15.1 Å². The first kappa shape index (κ1) is 21.3. The number of allylic oxidation sites excluding steroid dienone is 1. The van der Waals surface area contributed by atoms with Gasteiger partial charge in [-0.05, 0) is 85.7 Å². The first-order chi connectivity index (χ1) is 14.9. The van der Waals surface area contributed by atoms with Gasteiger partial charge in [0, 0.05) is 23.0 Å². The summed E-state index contributed by atoms with van der Waals surface area (Å²) in [4.78, 5) is 24.8. The molecule has 0 radical (unpaired) electrons. The Morgan fingerprint density at radius 3 is 2.58 bits per heavy atom. The normalized spacial score (nSPS) is 14.0. The second kappa shape index (κ2) is 8.67. The number of fused-ring (bicyclic) bond motifs is 1. The van der Waals surface area contributed by atoms with Crippen molar-refractivity contribution in [2.24, 2.45) is 0 Å². The highest BCUT2D eigenvalue weighted by Gasteiger charge is 2.29. The zero-order valence-electron chi connectivity index (χ0n) is 17.7. The van der Waals surface area contributed by atoms with E-state index in [9.17, 15) is 9.59 Å². The highest BCUT2D eigenvalue weighted by atomic mass is 79.9. The average Bonchev–Trinajstić information content (AvgIpc) is 3.53. The number of hydrogen-bond acceptors (Lipinski definition) is 4. The number of carbonyl (C=O) groups excluding carboxylic acids is 2. The van der Waals surface area contributed by atoms with Crippen LogP contribution in [0.3, 0.4) is 0 Å². The van der Waals surface area contributed by atoms with Gasteiger partial charge in [-0.3, -0.25) is 4.79 Å². The molecule has 1 aromatic heterocycles. The average molecular weight is 482 g/mol. The van der Waals surface area contributed by atoms with Crippen LogP contribution in [0.25, 0.3) is 22.2 Å². The molecule has 1 aliphatic rings. The lowest BCUT2D eigenvalue weighted by Crippen LogP contribution is -2.21. The van der Waals surface area contributed by atoms with Crippen LogP contribution in [0.2, 0.25) is 0 Å². The molecule has 0 atom stereocenters. The maximum absolute atomic E-state index is 12.8. The van der Waals surface area contributed by atoms with Crippen molar-refractivity contribution in [3.8, 4) is 5.69 Å². The van der Waals surface area contributed by atoms with Crippen molar-refractivity contribution in [2.75, 3.05) is 13.7 Å². The number of aromatic nitrogens is 2. The maximum atomic E-state index is 12.8. The molecule has 3 aromatic rings. The molecule has 1 fully saturated rings. The van der Waals surface area contributed by atoms with Gasteiger partial charge in [0.05, 0.1) is 17.8 Å². The summed E-state index contributed by atoms with van der Waals surface area (Å²) < 4.78 is 7.72. The van der Waals surface area contributed by atoms with Crippen LogP contribution < -0.4 is 5.32 Å². The molecule has 1 saturated carbocycles. The van der Waals surface area contributed by atoms with Gasteiger partial charge in [0.1, 0.15) is 5.69 Å². The van der Waals surface area contributed by atoms with Gasteiger partial charge in [-0.25, -0.2) is 9.48 Å². The van der Waals surface area contributed by atoms with E-state index < -0.39 is 0 Å². The van der Waals surface area contributed by atoms with E-state index in [2.05, 4.69) is 27.3 Å². The fourth-order valence-corrected chi connectivity index (χ4v) is 4.03. The lowest BCUT2D eigenvalue weighted by Gasteiger charge is -2.10. The van der Waals surface area contributed by atoms with Crippen LogP contribution in [0.5, 0.6) is 0 Å². The molecule has 0 saturated heterocycles. The number of halogens is 1. The van der Waals surface area contributed by atoms with Crippen LogP contribution in [0.1, 0.15) is 54.2 Å². The van der Waals surface area contributed by atoms with E-state index in [1.165, 1.54) is 6.08 Å². The fraction of sp³-hybridized carbons (Fsp3) is 0.292. The molecule has 0 unspecified atom stereocenters. The number of ether oxygens (including phenoxy) is 1. The van der Waals surface area contributed by atoms with Crippen molar-refractivity contribution >= 4 is 44.3 Å². The molecular weight excluding hydrogens is 458 g/mol. The van der Waals surface area contributed by atoms with Crippen molar-refractivity contribution in [1.29, 1.82) is 0 Å². The minimum Gasteiger partial charge on any atom is -0.463 e. The van der Waals surface area contributed by atoms with E-state index in [0.29, 0.717) is 23.7 Å². The summed E-state index contributed by atoms with van der Waals surface area (Å²) in [5.74, 6) is -0.120. The minimum atomic E-state index is -0.353. The number of hydrogen-bond donors (Lipinski definition) is 1. The maximum Gasteiger partial charge on any atom is 0.331 e. The standard InChI is InChI=1S/C24H24BrN3O3/c1-4-31-22(29)11-14(2)18-13-21-20(12-19(18)15-5-6-15)23(24(30)26-3)28(27-21)17-9-7-16(25)8-10-17/h7-13,15H,4-6H2,1-3H3,(H,26,30). The molecule has 1 amide bonds. The van der Waals surface area contributed by atoms with E-state index >= 15 is 0 Å². The van der Waals surface area contributed by atoms with Crippen LogP contribution >= 0.6 is 15.9 Å². The number of amides is 1. The van der Waals surface area contributed by atoms with Crippen molar-refractivity contribution < 1.29 is 14.3 Å². The van der Waals surface area contributed by atoms with Gasteiger partial charge in [0.15, 0.2) is 0 Å². The first-order valence-corrected chi connectivity index (χ1v) is 11.1. The van der Waals surface area contributed by atoms with Gasteiger partial charge in [0.2, 0.25) is 0 Å².